The summed E-state index contributed by atoms with van der Waals surface area (Å²) >= 11 is 0. The highest BCUT2D eigenvalue weighted by molar-refractivity contribution is 4.69. The first-order valence-corrected chi connectivity index (χ1v) is 9.54. The molecule has 0 aromatic carbocycles. The maximum absolute atomic E-state index is 3.43. The Labute approximate surface area is 136 Å². The highest BCUT2D eigenvalue weighted by atomic mass is 14.9. The highest BCUT2D eigenvalue weighted by Crippen LogP contribution is 2.28. The van der Waals surface area contributed by atoms with Gasteiger partial charge in [-0.3, -0.25) is 0 Å². The average molecular weight is 300 g/mol. The van der Waals surface area contributed by atoms with Gasteiger partial charge in [0.25, 0.3) is 0 Å². The molecule has 130 valence electrons. The molecule has 21 heavy (non-hydrogen) atoms. The Hall–Kier alpha value is -0.0400. The van der Waals surface area contributed by atoms with Crippen LogP contribution >= 0.6 is 0 Å². The minimum Gasteiger partial charge on any atom is -0.314 e. The fourth-order valence-electron chi connectivity index (χ4n) is 2.59. The van der Waals surface area contributed by atoms with Crippen LogP contribution < -0.4 is 5.32 Å². The van der Waals surface area contributed by atoms with Crippen molar-refractivity contribution in [2.24, 2.45) is 23.7 Å². The predicted molar refractivity (Wildman–Crippen MR) is 99.9 cm³/mol. The van der Waals surface area contributed by atoms with E-state index in [-0.39, 0.29) is 0 Å². The van der Waals surface area contributed by atoms with Crippen LogP contribution in [0.1, 0.15) is 94.4 Å². The molecule has 0 aromatic heterocycles. The molecule has 1 aliphatic carbocycles. The van der Waals surface area contributed by atoms with Crippen molar-refractivity contribution in [2.75, 3.05) is 6.54 Å². The molecule has 1 fully saturated rings. The molecule has 0 amide bonds. The zero-order chi connectivity index (χ0) is 16.8. The molecule has 0 heterocycles. The van der Waals surface area contributed by atoms with E-state index in [1.807, 2.05) is 0 Å². The highest BCUT2D eigenvalue weighted by Gasteiger charge is 2.15. The molecule has 1 nitrogen and oxygen atoms in total. The van der Waals surface area contributed by atoms with E-state index in [0.29, 0.717) is 6.04 Å². The van der Waals surface area contributed by atoms with Gasteiger partial charge < -0.3 is 5.32 Å². The third-order valence-corrected chi connectivity index (χ3v) is 4.91. The van der Waals surface area contributed by atoms with Crippen LogP contribution in [0.3, 0.4) is 0 Å². The van der Waals surface area contributed by atoms with Gasteiger partial charge in [-0.15, -0.1) is 0 Å². The van der Waals surface area contributed by atoms with E-state index in [4.69, 9.17) is 0 Å². The van der Waals surface area contributed by atoms with E-state index in [2.05, 4.69) is 67.6 Å². The maximum Gasteiger partial charge on any atom is 0.00666 e. The van der Waals surface area contributed by atoms with Gasteiger partial charge in [-0.1, -0.05) is 87.5 Å². The van der Waals surface area contributed by atoms with E-state index in [1.165, 1.54) is 32.1 Å². The van der Waals surface area contributed by atoms with Crippen LogP contribution in [-0.4, -0.2) is 12.6 Å². The van der Waals surface area contributed by atoms with Crippen molar-refractivity contribution in [1.82, 2.24) is 5.32 Å². The molecule has 0 radical (unpaired) electrons. The van der Waals surface area contributed by atoms with Gasteiger partial charge in [0.05, 0.1) is 0 Å². The first-order chi connectivity index (χ1) is 9.81. The van der Waals surface area contributed by atoms with Crippen LogP contribution in [-0.2, 0) is 0 Å². The van der Waals surface area contributed by atoms with Crippen LogP contribution in [0.4, 0.5) is 0 Å². The van der Waals surface area contributed by atoms with Gasteiger partial charge in [0, 0.05) is 6.04 Å². The van der Waals surface area contributed by atoms with Gasteiger partial charge in [0.15, 0.2) is 0 Å². The molecule has 1 aliphatic rings. The topological polar surface area (TPSA) is 12.0 Å². The lowest BCUT2D eigenvalue weighted by atomic mass is 9.82. The third-order valence-electron chi connectivity index (χ3n) is 4.91. The van der Waals surface area contributed by atoms with Gasteiger partial charge in [0.2, 0.25) is 0 Å². The number of hydrogen-bond acceptors (Lipinski definition) is 1. The van der Waals surface area contributed by atoms with Crippen molar-refractivity contribution in [1.29, 1.82) is 0 Å². The van der Waals surface area contributed by atoms with Crippen LogP contribution in [0, 0.1) is 23.7 Å². The van der Waals surface area contributed by atoms with Crippen molar-refractivity contribution in [2.45, 2.75) is 100 Å². The van der Waals surface area contributed by atoms with E-state index < -0.39 is 0 Å². The third kappa shape index (κ3) is 13.4. The summed E-state index contributed by atoms with van der Waals surface area (Å²) in [5, 5.41) is 3.43. The van der Waals surface area contributed by atoms with Gasteiger partial charge in [0.1, 0.15) is 0 Å². The van der Waals surface area contributed by atoms with Gasteiger partial charge in [-0.2, -0.15) is 0 Å². The second-order valence-electron chi connectivity index (χ2n) is 7.40. The zero-order valence-electron chi connectivity index (χ0n) is 16.6. The molecule has 4 unspecified atom stereocenters. The summed E-state index contributed by atoms with van der Waals surface area (Å²) in [6, 6.07) is 0.657. The number of nitrogens with one attached hydrogen (secondary N) is 1. The van der Waals surface area contributed by atoms with Crippen LogP contribution in [0.15, 0.2) is 0 Å². The molecule has 4 atom stereocenters. The van der Waals surface area contributed by atoms with Crippen LogP contribution in [0.2, 0.25) is 0 Å². The lowest BCUT2D eigenvalue weighted by Gasteiger charge is -2.24. The standard InChI is InChI=1S/C9H21N.C8H16.C3H8/c1-6-10-9(5)8(4)7(2)3;1-7-5-3-4-6-8(7)2;1-3-2/h7-10H,6H2,1-5H3;7-8H,3-6H2,1-2H3;3H2,1-2H3. The summed E-state index contributed by atoms with van der Waals surface area (Å²) in [5.41, 5.74) is 0. The first-order valence-electron chi connectivity index (χ1n) is 9.54. The summed E-state index contributed by atoms with van der Waals surface area (Å²) in [5.74, 6) is 3.57. The summed E-state index contributed by atoms with van der Waals surface area (Å²) in [4.78, 5) is 0. The summed E-state index contributed by atoms with van der Waals surface area (Å²) in [7, 11) is 0. The molecule has 1 N–H and O–H groups in total. The average Bonchev–Trinajstić information content (AvgIpc) is 2.43. The number of rotatable bonds is 4. The Balaban J connectivity index is 0. The van der Waals surface area contributed by atoms with Crippen molar-refractivity contribution < 1.29 is 0 Å². The molecule has 0 saturated heterocycles. The largest absolute Gasteiger partial charge is 0.314 e. The minimum atomic E-state index is 0.657. The second kappa shape index (κ2) is 14.9. The van der Waals surface area contributed by atoms with Crippen molar-refractivity contribution in [3.63, 3.8) is 0 Å². The molecular weight excluding hydrogens is 254 g/mol. The molecular formula is C20H45N. The van der Waals surface area contributed by atoms with Gasteiger partial charge in [-0.05, 0) is 37.1 Å². The smallest absolute Gasteiger partial charge is 0.00666 e. The maximum atomic E-state index is 3.43. The minimum absolute atomic E-state index is 0.657. The fourth-order valence-corrected chi connectivity index (χ4v) is 2.59. The van der Waals surface area contributed by atoms with Crippen molar-refractivity contribution in [3.05, 3.63) is 0 Å². The Kier molecular flexibility index (Phi) is 16.5. The lowest BCUT2D eigenvalue weighted by Crippen LogP contribution is -2.34. The molecule has 0 bridgehead atoms. The Morgan fingerprint density at radius 2 is 1.24 bits per heavy atom. The van der Waals surface area contributed by atoms with Gasteiger partial charge in [-0.25, -0.2) is 0 Å². The SMILES string of the molecule is CC1CCCCC1C.CCC.CCNC(C)C(C)C(C)C. The molecule has 1 heteroatoms. The summed E-state index contributed by atoms with van der Waals surface area (Å²) in [6.45, 7) is 21.4. The van der Waals surface area contributed by atoms with Crippen molar-refractivity contribution in [3.8, 4) is 0 Å². The number of hydrogen-bond donors (Lipinski definition) is 1. The molecule has 1 rings (SSSR count). The second-order valence-corrected chi connectivity index (χ2v) is 7.40. The molecule has 1 saturated carbocycles. The lowest BCUT2D eigenvalue weighted by molar-refractivity contribution is 0.277. The zero-order valence-corrected chi connectivity index (χ0v) is 16.6. The first kappa shape index (κ1) is 23.2. The summed E-state index contributed by atoms with van der Waals surface area (Å²) in [6.07, 6.45) is 7.15. The molecule has 0 spiro atoms. The monoisotopic (exact) mass is 299 g/mol. The van der Waals surface area contributed by atoms with E-state index >= 15 is 0 Å². The Morgan fingerprint density at radius 3 is 1.48 bits per heavy atom. The van der Waals surface area contributed by atoms with Crippen LogP contribution in [0.5, 0.6) is 0 Å². The predicted octanol–water partition coefficient (Wildman–Crippen LogP) is 6.53. The molecule has 0 aliphatic heterocycles. The molecule has 0 aromatic rings. The fraction of sp³-hybridized carbons (Fsp3) is 1.00. The van der Waals surface area contributed by atoms with Gasteiger partial charge >= 0.3 is 0 Å². The van der Waals surface area contributed by atoms with E-state index in [9.17, 15) is 0 Å². The Morgan fingerprint density at radius 1 is 0.857 bits per heavy atom. The quantitative estimate of drug-likeness (QED) is 0.622. The normalized spacial score (nSPS) is 24.3. The van der Waals surface area contributed by atoms with E-state index in [1.54, 1.807) is 0 Å². The van der Waals surface area contributed by atoms with Crippen LogP contribution in [0.25, 0.3) is 0 Å². The summed E-state index contributed by atoms with van der Waals surface area (Å²) < 4.78 is 0. The Bertz CT molecular complexity index is 190. The van der Waals surface area contributed by atoms with E-state index in [0.717, 1.165) is 30.2 Å². The van der Waals surface area contributed by atoms with Crippen molar-refractivity contribution >= 4 is 0 Å².